The van der Waals surface area contributed by atoms with Crippen molar-refractivity contribution < 1.29 is 24.1 Å². The molecule has 0 aliphatic carbocycles. The van der Waals surface area contributed by atoms with Crippen LogP contribution in [-0.4, -0.2) is 73.2 Å². The van der Waals surface area contributed by atoms with Gasteiger partial charge in [-0.1, -0.05) is 17.2 Å². The van der Waals surface area contributed by atoms with Crippen molar-refractivity contribution in [1.82, 2.24) is 30.1 Å². The van der Waals surface area contributed by atoms with Crippen LogP contribution in [0, 0.1) is 6.92 Å². The average molecular weight is 476 g/mol. The summed E-state index contributed by atoms with van der Waals surface area (Å²) < 4.78 is 5.84. The predicted octanol–water partition coefficient (Wildman–Crippen LogP) is 0.122. The van der Waals surface area contributed by atoms with Gasteiger partial charge in [-0.2, -0.15) is 0 Å². The summed E-state index contributed by atoms with van der Waals surface area (Å²) in [6.45, 7) is 5.18. The van der Waals surface area contributed by atoms with Gasteiger partial charge in [-0.15, -0.1) is 0 Å². The number of hydrogen-bond acceptors (Lipinski definition) is 10. The largest absolute Gasteiger partial charge is 0.481 e. The first kappa shape index (κ1) is 25.0. The molecule has 1 unspecified atom stereocenters. The number of Topliss-reactive ketones (excluding diaryl/α,β-unsaturated/α-hetero) is 1. The fourth-order valence-corrected chi connectivity index (χ4v) is 3.84. The highest BCUT2D eigenvalue weighted by Gasteiger charge is 2.29. The number of carbonyl (C=O) groups excluding carboxylic acids is 2. The molecule has 2 aromatic heterocycles. The summed E-state index contributed by atoms with van der Waals surface area (Å²) in [4.78, 5) is 56.1. The molecular weight excluding hydrogens is 446 g/mol. The smallest absolute Gasteiger partial charge is 0.305 e. The van der Waals surface area contributed by atoms with Crippen molar-refractivity contribution in [3.05, 3.63) is 34.1 Å². The Kier molecular flexibility index (Phi) is 8.46. The van der Waals surface area contributed by atoms with E-state index in [1.165, 1.54) is 17.0 Å². The van der Waals surface area contributed by atoms with Crippen LogP contribution < -0.4 is 16.2 Å². The number of anilines is 1. The Bertz CT molecular complexity index is 1080. The third-order valence-electron chi connectivity index (χ3n) is 5.72. The maximum Gasteiger partial charge on any atom is 0.305 e. The zero-order valence-electron chi connectivity index (χ0n) is 19.2. The van der Waals surface area contributed by atoms with E-state index in [1.54, 1.807) is 13.8 Å². The molecule has 13 nitrogen and oxygen atoms in total. The summed E-state index contributed by atoms with van der Waals surface area (Å²) >= 11 is 0. The van der Waals surface area contributed by atoms with Crippen molar-refractivity contribution in [1.29, 1.82) is 0 Å². The second kappa shape index (κ2) is 11.5. The highest BCUT2D eigenvalue weighted by Crippen LogP contribution is 2.13. The first-order valence-corrected chi connectivity index (χ1v) is 11.2. The molecule has 0 aromatic carbocycles. The fourth-order valence-electron chi connectivity index (χ4n) is 3.84. The molecule has 0 radical (unpaired) electrons. The topological polar surface area (TPSA) is 173 Å². The number of aliphatic carboxylic acids is 1. The van der Waals surface area contributed by atoms with Gasteiger partial charge >= 0.3 is 5.97 Å². The maximum atomic E-state index is 13.1. The number of aromatic nitrogens is 4. The highest BCUT2D eigenvalue weighted by molar-refractivity contribution is 5.94. The maximum absolute atomic E-state index is 13.1. The number of amides is 1. The molecule has 3 heterocycles. The van der Waals surface area contributed by atoms with Gasteiger partial charge < -0.3 is 15.7 Å². The van der Waals surface area contributed by atoms with Gasteiger partial charge in [0.2, 0.25) is 5.91 Å². The van der Waals surface area contributed by atoms with E-state index >= 15 is 0 Å². The van der Waals surface area contributed by atoms with Crippen molar-refractivity contribution in [2.24, 2.45) is 0 Å². The van der Waals surface area contributed by atoms with E-state index in [2.05, 4.69) is 30.6 Å². The number of nitrogens with zero attached hydrogens (tertiary/aromatic N) is 5. The van der Waals surface area contributed by atoms with Crippen LogP contribution in [0.25, 0.3) is 0 Å². The van der Waals surface area contributed by atoms with E-state index in [1.807, 2.05) is 4.90 Å². The van der Waals surface area contributed by atoms with Crippen LogP contribution in [-0.2, 0) is 20.9 Å². The minimum atomic E-state index is -1.20. The molecule has 1 aliphatic rings. The average Bonchev–Trinajstić information content (AvgIpc) is 3.45. The fraction of sp³-hybridized carbons (Fsp3) is 0.571. The molecular formula is C21H29N7O6. The molecule has 13 heteroatoms. The minimum Gasteiger partial charge on any atom is -0.481 e. The number of nitrogens with one attached hydrogen (secondary N) is 2. The zero-order valence-corrected chi connectivity index (χ0v) is 19.2. The zero-order chi connectivity index (χ0) is 24.7. The van der Waals surface area contributed by atoms with Gasteiger partial charge in [0.05, 0.1) is 25.6 Å². The summed E-state index contributed by atoms with van der Waals surface area (Å²) in [7, 11) is 0. The molecule has 1 aliphatic heterocycles. The lowest BCUT2D eigenvalue weighted by Crippen LogP contribution is -2.49. The Morgan fingerprint density at radius 1 is 1.24 bits per heavy atom. The van der Waals surface area contributed by atoms with Crippen molar-refractivity contribution in [3.8, 4) is 0 Å². The molecule has 0 spiro atoms. The number of ketones is 1. The Balaban J connectivity index is 1.73. The number of rotatable bonds is 12. The lowest BCUT2D eigenvalue weighted by atomic mass is 10.1. The molecule has 34 heavy (non-hydrogen) atoms. The first-order valence-electron chi connectivity index (χ1n) is 11.2. The van der Waals surface area contributed by atoms with Crippen LogP contribution in [0.3, 0.4) is 0 Å². The lowest BCUT2D eigenvalue weighted by Gasteiger charge is -2.23. The Morgan fingerprint density at radius 2 is 1.97 bits per heavy atom. The Hall–Kier alpha value is -3.61. The summed E-state index contributed by atoms with van der Waals surface area (Å²) in [5.74, 6) is -2.17. The lowest BCUT2D eigenvalue weighted by molar-refractivity contribution is -0.140. The van der Waals surface area contributed by atoms with E-state index in [-0.39, 0.29) is 31.1 Å². The van der Waals surface area contributed by atoms with Crippen LogP contribution in [0.2, 0.25) is 0 Å². The minimum absolute atomic E-state index is 0.00310. The standard InChI is InChI=1S/C21H29N7O6/c1-3-16(20(32)24-14(10-18(30)31)17(29)12-27-7-4-5-8-27)28-9-6-22-19(21(28)33)23-11-15-13(2)25-34-26-15/h6,9,14,16H,3-5,7-8,10-12H2,1-2H3,(H,22,23)(H,24,32)(H,30,31)/t14?,16-/m0/s1. The second-order valence-electron chi connectivity index (χ2n) is 8.17. The number of hydrogen-bond donors (Lipinski definition) is 3. The third-order valence-corrected chi connectivity index (χ3v) is 5.72. The molecule has 1 fully saturated rings. The number of carbonyl (C=O) groups is 3. The van der Waals surface area contributed by atoms with Crippen molar-refractivity contribution in [3.63, 3.8) is 0 Å². The van der Waals surface area contributed by atoms with Crippen LogP contribution in [0.5, 0.6) is 0 Å². The molecule has 2 atom stereocenters. The summed E-state index contributed by atoms with van der Waals surface area (Å²) in [5, 5.41) is 22.1. The van der Waals surface area contributed by atoms with E-state index in [0.717, 1.165) is 25.9 Å². The Labute approximate surface area is 195 Å². The molecule has 3 N–H and O–H groups in total. The van der Waals surface area contributed by atoms with Crippen LogP contribution in [0.15, 0.2) is 21.8 Å². The van der Waals surface area contributed by atoms with Gasteiger partial charge in [0.15, 0.2) is 11.6 Å². The van der Waals surface area contributed by atoms with Crippen LogP contribution in [0.1, 0.15) is 50.0 Å². The highest BCUT2D eigenvalue weighted by atomic mass is 16.6. The van der Waals surface area contributed by atoms with E-state index in [4.69, 9.17) is 0 Å². The number of aryl methyl sites for hydroxylation is 1. The van der Waals surface area contributed by atoms with Gasteiger partial charge in [0.1, 0.15) is 17.4 Å². The van der Waals surface area contributed by atoms with Crippen molar-refractivity contribution in [2.75, 3.05) is 25.0 Å². The molecule has 0 saturated carbocycles. The number of likely N-dealkylation sites (tertiary alicyclic amines) is 1. The van der Waals surface area contributed by atoms with Crippen LogP contribution in [0.4, 0.5) is 5.82 Å². The van der Waals surface area contributed by atoms with Crippen molar-refractivity contribution >= 4 is 23.5 Å². The van der Waals surface area contributed by atoms with Crippen LogP contribution >= 0.6 is 0 Å². The monoisotopic (exact) mass is 475 g/mol. The van der Waals surface area contributed by atoms with Gasteiger partial charge in [-0.25, -0.2) is 9.61 Å². The third kappa shape index (κ3) is 6.25. The van der Waals surface area contributed by atoms with E-state index in [9.17, 15) is 24.3 Å². The predicted molar refractivity (Wildman–Crippen MR) is 119 cm³/mol. The SMILES string of the molecule is CC[C@@H](C(=O)NC(CC(=O)O)C(=O)CN1CCCC1)n1ccnc(NCc2nonc2C)c1=O. The van der Waals surface area contributed by atoms with Gasteiger partial charge in [0.25, 0.3) is 5.56 Å². The second-order valence-corrected chi connectivity index (χ2v) is 8.17. The molecule has 1 saturated heterocycles. The number of carboxylic acid groups (broad SMARTS) is 1. The molecule has 3 rings (SSSR count). The molecule has 1 amide bonds. The van der Waals surface area contributed by atoms with Gasteiger partial charge in [-0.3, -0.25) is 28.6 Å². The quantitative estimate of drug-likeness (QED) is 0.380. The summed E-state index contributed by atoms with van der Waals surface area (Å²) in [6, 6.07) is -2.14. The summed E-state index contributed by atoms with van der Waals surface area (Å²) in [5.41, 5.74) is 0.531. The molecule has 0 bridgehead atoms. The summed E-state index contributed by atoms with van der Waals surface area (Å²) in [6.07, 6.45) is 4.42. The normalized spacial score (nSPS) is 15.6. The van der Waals surface area contributed by atoms with E-state index < -0.39 is 35.9 Å². The molecule has 2 aromatic rings. The Morgan fingerprint density at radius 3 is 2.59 bits per heavy atom. The van der Waals surface area contributed by atoms with Gasteiger partial charge in [0, 0.05) is 12.4 Å². The number of carboxylic acids is 1. The van der Waals surface area contributed by atoms with Gasteiger partial charge in [-0.05, 0) is 39.3 Å². The van der Waals surface area contributed by atoms with E-state index in [0.29, 0.717) is 11.4 Å². The van der Waals surface area contributed by atoms with Crippen molar-refractivity contribution in [2.45, 2.75) is 58.2 Å². The molecule has 184 valence electrons. The first-order chi connectivity index (χ1) is 16.3.